The first-order valence-corrected chi connectivity index (χ1v) is 8.39. The second-order valence-electron chi connectivity index (χ2n) is 7.56. The summed E-state index contributed by atoms with van der Waals surface area (Å²) in [6.45, 7) is 7.09. The van der Waals surface area contributed by atoms with E-state index in [-0.39, 0.29) is 5.54 Å². The van der Waals surface area contributed by atoms with Gasteiger partial charge >= 0.3 is 0 Å². The predicted octanol–water partition coefficient (Wildman–Crippen LogP) is 4.21. The van der Waals surface area contributed by atoms with Gasteiger partial charge in [-0.3, -0.25) is 0 Å². The summed E-state index contributed by atoms with van der Waals surface area (Å²) in [6.07, 6.45) is 9.74. The Balaban J connectivity index is 1.64. The zero-order chi connectivity index (χ0) is 12.9. The molecule has 2 N–H and O–H groups in total. The molecule has 0 aromatic rings. The van der Waals surface area contributed by atoms with Crippen molar-refractivity contribution in [3.63, 3.8) is 0 Å². The van der Waals surface area contributed by atoms with Gasteiger partial charge in [0.05, 0.1) is 0 Å². The summed E-state index contributed by atoms with van der Waals surface area (Å²) in [7, 11) is 0. The first-order chi connectivity index (χ1) is 8.60. The van der Waals surface area contributed by atoms with Crippen molar-refractivity contribution in [1.82, 2.24) is 0 Å². The van der Waals surface area contributed by atoms with Crippen molar-refractivity contribution < 1.29 is 0 Å². The van der Waals surface area contributed by atoms with Crippen LogP contribution in [0.5, 0.6) is 0 Å². The molecule has 104 valence electrons. The van der Waals surface area contributed by atoms with Crippen LogP contribution < -0.4 is 5.73 Å². The van der Waals surface area contributed by atoms with E-state index in [1.807, 2.05) is 0 Å². The van der Waals surface area contributed by atoms with Gasteiger partial charge in [-0.2, -0.15) is 0 Å². The van der Waals surface area contributed by atoms with E-state index in [4.69, 9.17) is 5.73 Å². The van der Waals surface area contributed by atoms with Crippen LogP contribution in [-0.4, -0.2) is 5.54 Å². The van der Waals surface area contributed by atoms with Crippen LogP contribution in [0.2, 0.25) is 0 Å². The lowest BCUT2D eigenvalue weighted by Gasteiger charge is -2.37. The van der Waals surface area contributed by atoms with Crippen molar-refractivity contribution in [3.05, 3.63) is 0 Å². The fraction of sp³-hybridized carbons (Fsp3) is 1.00. The lowest BCUT2D eigenvalue weighted by Crippen LogP contribution is -2.47. The summed E-state index contributed by atoms with van der Waals surface area (Å²) in [5, 5.41) is 0. The molecular weight excluding hydrogens is 218 g/mol. The van der Waals surface area contributed by atoms with E-state index in [9.17, 15) is 0 Å². The molecule has 3 fully saturated rings. The fourth-order valence-corrected chi connectivity index (χ4v) is 4.67. The highest BCUT2D eigenvalue weighted by Gasteiger charge is 2.56. The molecule has 3 saturated carbocycles. The quantitative estimate of drug-likeness (QED) is 0.718. The summed E-state index contributed by atoms with van der Waals surface area (Å²) in [4.78, 5) is 0. The van der Waals surface area contributed by atoms with Crippen LogP contribution in [0.4, 0.5) is 0 Å². The topological polar surface area (TPSA) is 26.0 Å². The fourth-order valence-electron chi connectivity index (χ4n) is 4.67. The van der Waals surface area contributed by atoms with Crippen molar-refractivity contribution in [2.45, 2.75) is 71.3 Å². The van der Waals surface area contributed by atoms with Crippen LogP contribution >= 0.6 is 0 Å². The zero-order valence-corrected chi connectivity index (χ0v) is 12.5. The number of nitrogens with two attached hydrogens (primary N) is 1. The van der Waals surface area contributed by atoms with E-state index < -0.39 is 0 Å². The van der Waals surface area contributed by atoms with Crippen molar-refractivity contribution >= 4 is 0 Å². The summed E-state index contributed by atoms with van der Waals surface area (Å²) in [6, 6.07) is 0. The van der Waals surface area contributed by atoms with Crippen molar-refractivity contribution in [2.75, 3.05) is 0 Å². The van der Waals surface area contributed by atoms with Crippen molar-refractivity contribution in [3.8, 4) is 0 Å². The summed E-state index contributed by atoms with van der Waals surface area (Å²) < 4.78 is 0. The Bertz CT molecular complexity index is 299. The van der Waals surface area contributed by atoms with E-state index >= 15 is 0 Å². The van der Waals surface area contributed by atoms with Gasteiger partial charge in [-0.25, -0.2) is 0 Å². The molecule has 0 aliphatic heterocycles. The van der Waals surface area contributed by atoms with Gasteiger partial charge in [-0.05, 0) is 80.5 Å². The van der Waals surface area contributed by atoms with Crippen LogP contribution in [0.3, 0.4) is 0 Å². The predicted molar refractivity (Wildman–Crippen MR) is 77.2 cm³/mol. The molecule has 3 rings (SSSR count). The Hall–Kier alpha value is -0.0400. The highest BCUT2D eigenvalue weighted by Crippen LogP contribution is 2.62. The monoisotopic (exact) mass is 249 g/mol. The standard InChI is InChI=1S/C17H31N/c1-4-17(18,5-2)15(12-6-7-12)10-14-11(3)16(14)13-8-9-13/h11-16H,4-10,18H2,1-3H3. The maximum absolute atomic E-state index is 6.74. The second-order valence-corrected chi connectivity index (χ2v) is 7.56. The van der Waals surface area contributed by atoms with E-state index in [0.717, 1.165) is 35.5 Å². The molecule has 0 saturated heterocycles. The molecule has 0 bridgehead atoms. The van der Waals surface area contributed by atoms with Crippen molar-refractivity contribution in [1.29, 1.82) is 0 Å². The highest BCUT2D eigenvalue weighted by molar-refractivity contribution is 5.06. The van der Waals surface area contributed by atoms with Crippen LogP contribution in [0, 0.1) is 35.5 Å². The molecule has 1 nitrogen and oxygen atoms in total. The first kappa shape index (κ1) is 13.0. The Labute approximate surface area is 113 Å². The molecule has 0 heterocycles. The van der Waals surface area contributed by atoms with Gasteiger partial charge in [0.2, 0.25) is 0 Å². The summed E-state index contributed by atoms with van der Waals surface area (Å²) in [5.41, 5.74) is 6.88. The van der Waals surface area contributed by atoms with E-state index in [1.54, 1.807) is 0 Å². The minimum absolute atomic E-state index is 0.136. The maximum Gasteiger partial charge on any atom is 0.0180 e. The maximum atomic E-state index is 6.74. The molecule has 3 aliphatic carbocycles. The molecule has 0 amide bonds. The highest BCUT2D eigenvalue weighted by atomic mass is 14.8. The third-order valence-electron chi connectivity index (χ3n) is 6.57. The smallest absolute Gasteiger partial charge is 0.0180 e. The average Bonchev–Trinajstić information content (AvgIpc) is 3.21. The van der Waals surface area contributed by atoms with Crippen LogP contribution in [-0.2, 0) is 0 Å². The molecule has 4 atom stereocenters. The average molecular weight is 249 g/mol. The summed E-state index contributed by atoms with van der Waals surface area (Å²) in [5.74, 6) is 6.04. The SMILES string of the molecule is CCC(N)(CC)C(CC1C(C)C1C1CC1)C1CC1. The van der Waals surface area contributed by atoms with Gasteiger partial charge in [0.1, 0.15) is 0 Å². The van der Waals surface area contributed by atoms with E-state index in [0.29, 0.717) is 0 Å². The molecule has 0 aromatic heterocycles. The lowest BCUT2D eigenvalue weighted by atomic mass is 9.74. The lowest BCUT2D eigenvalue weighted by molar-refractivity contribution is 0.197. The van der Waals surface area contributed by atoms with Gasteiger partial charge < -0.3 is 5.73 Å². The second kappa shape index (κ2) is 4.51. The third kappa shape index (κ3) is 2.24. The largest absolute Gasteiger partial charge is 0.325 e. The number of hydrogen-bond donors (Lipinski definition) is 1. The third-order valence-corrected chi connectivity index (χ3v) is 6.57. The Morgan fingerprint density at radius 3 is 2.17 bits per heavy atom. The van der Waals surface area contributed by atoms with Crippen molar-refractivity contribution in [2.24, 2.45) is 41.2 Å². The molecular formula is C17H31N. The normalized spacial score (nSPS) is 37.7. The number of rotatable bonds is 7. The van der Waals surface area contributed by atoms with E-state index in [2.05, 4.69) is 20.8 Å². The number of hydrogen-bond acceptors (Lipinski definition) is 1. The Kier molecular flexibility index (Phi) is 3.25. The van der Waals surface area contributed by atoms with Crippen LogP contribution in [0.15, 0.2) is 0 Å². The summed E-state index contributed by atoms with van der Waals surface area (Å²) >= 11 is 0. The molecule has 0 aromatic carbocycles. The minimum Gasteiger partial charge on any atom is -0.325 e. The molecule has 1 heteroatoms. The van der Waals surface area contributed by atoms with Gasteiger partial charge in [0.25, 0.3) is 0 Å². The minimum atomic E-state index is 0.136. The Morgan fingerprint density at radius 1 is 1.11 bits per heavy atom. The molecule has 18 heavy (non-hydrogen) atoms. The van der Waals surface area contributed by atoms with Crippen LogP contribution in [0.25, 0.3) is 0 Å². The molecule has 0 radical (unpaired) electrons. The van der Waals surface area contributed by atoms with Gasteiger partial charge in [0, 0.05) is 5.54 Å². The van der Waals surface area contributed by atoms with Gasteiger partial charge in [-0.1, -0.05) is 20.8 Å². The van der Waals surface area contributed by atoms with E-state index in [1.165, 1.54) is 44.9 Å². The molecule has 3 aliphatic rings. The zero-order valence-electron chi connectivity index (χ0n) is 12.5. The van der Waals surface area contributed by atoms with Gasteiger partial charge in [0.15, 0.2) is 0 Å². The first-order valence-electron chi connectivity index (χ1n) is 8.39. The molecule has 4 unspecified atom stereocenters. The molecule has 0 spiro atoms. The van der Waals surface area contributed by atoms with Crippen LogP contribution in [0.1, 0.15) is 65.7 Å². The Morgan fingerprint density at radius 2 is 1.72 bits per heavy atom. The van der Waals surface area contributed by atoms with Gasteiger partial charge in [-0.15, -0.1) is 0 Å².